The van der Waals surface area contributed by atoms with Crippen LogP contribution in [0.15, 0.2) is 42.5 Å². The quantitative estimate of drug-likeness (QED) is 0.566. The van der Waals surface area contributed by atoms with E-state index >= 15 is 0 Å². The molecular weight excluding hydrogens is 324 g/mol. The molecule has 2 rings (SSSR count). The van der Waals surface area contributed by atoms with Crippen LogP contribution in [0.3, 0.4) is 0 Å². The Morgan fingerprint density at radius 2 is 2.04 bits per heavy atom. The highest BCUT2D eigenvalue weighted by atomic mass is 16.6. The number of carbonyl (C=O) groups excluding carboxylic acids is 1. The van der Waals surface area contributed by atoms with E-state index in [-0.39, 0.29) is 18.7 Å². The van der Waals surface area contributed by atoms with Gasteiger partial charge < -0.3 is 19.8 Å². The average molecular weight is 340 g/mol. The van der Waals surface area contributed by atoms with Crippen molar-refractivity contribution in [1.29, 1.82) is 5.26 Å². The van der Waals surface area contributed by atoms with E-state index in [4.69, 9.17) is 10.00 Å². The minimum absolute atomic E-state index is 0.0720. The van der Waals surface area contributed by atoms with Crippen LogP contribution in [0.1, 0.15) is 12.1 Å². The van der Waals surface area contributed by atoms with Gasteiger partial charge in [-0.1, -0.05) is 18.2 Å². The van der Waals surface area contributed by atoms with Crippen LogP contribution in [0.25, 0.3) is 0 Å². The van der Waals surface area contributed by atoms with Crippen molar-refractivity contribution < 1.29 is 14.5 Å². The topological polar surface area (TPSA) is 109 Å². The molecule has 0 radical (unpaired) electrons. The Morgan fingerprint density at radius 3 is 2.68 bits per heavy atom. The van der Waals surface area contributed by atoms with Gasteiger partial charge in [0.15, 0.2) is 6.61 Å². The number of nitrogens with zero attached hydrogens (tertiary/aromatic N) is 4. The summed E-state index contributed by atoms with van der Waals surface area (Å²) in [6.45, 7) is 1.43. The molecule has 0 saturated heterocycles. The molecule has 8 heteroatoms. The number of ether oxygens (including phenoxy) is 1. The second-order valence-corrected chi connectivity index (χ2v) is 5.11. The number of nitriles is 1. The Balaban J connectivity index is 2.14. The van der Waals surface area contributed by atoms with Crippen molar-refractivity contribution >= 4 is 17.4 Å². The van der Waals surface area contributed by atoms with Crippen LogP contribution in [0.2, 0.25) is 0 Å². The molecule has 0 unspecified atom stereocenters. The van der Waals surface area contributed by atoms with Crippen LogP contribution >= 0.6 is 0 Å². The third kappa shape index (κ3) is 4.75. The van der Waals surface area contributed by atoms with Crippen LogP contribution < -0.4 is 9.64 Å². The third-order valence-corrected chi connectivity index (χ3v) is 3.32. The molecular formula is C17H16N4O4. The summed E-state index contributed by atoms with van der Waals surface area (Å²) in [5.41, 5.74) is 1.10. The van der Waals surface area contributed by atoms with E-state index in [9.17, 15) is 14.9 Å². The van der Waals surface area contributed by atoms with Crippen molar-refractivity contribution in [1.82, 2.24) is 4.98 Å². The third-order valence-electron chi connectivity index (χ3n) is 3.32. The summed E-state index contributed by atoms with van der Waals surface area (Å²) in [6, 6.07) is 13.8. The summed E-state index contributed by atoms with van der Waals surface area (Å²) in [5.74, 6) is -0.912. The van der Waals surface area contributed by atoms with Gasteiger partial charge in [-0.15, -0.1) is 0 Å². The minimum atomic E-state index is -0.655. The molecule has 25 heavy (non-hydrogen) atoms. The summed E-state index contributed by atoms with van der Waals surface area (Å²) in [4.78, 5) is 28.1. The van der Waals surface area contributed by atoms with Gasteiger partial charge in [0.1, 0.15) is 5.69 Å². The molecule has 0 bridgehead atoms. The molecule has 0 spiro atoms. The first-order valence-corrected chi connectivity index (χ1v) is 7.50. The van der Waals surface area contributed by atoms with E-state index < -0.39 is 23.3 Å². The Bertz CT molecular complexity index is 802. The molecule has 8 nitrogen and oxygen atoms in total. The van der Waals surface area contributed by atoms with Gasteiger partial charge in [0.2, 0.25) is 5.75 Å². The molecule has 0 aliphatic carbocycles. The second-order valence-electron chi connectivity index (χ2n) is 5.11. The SMILES string of the molecule is Cc1ccc(OCC(=O)N(CCC#N)c2ccccc2)c([N+](=O)[O-])n1. The number of benzene rings is 1. The molecule has 0 aliphatic heterocycles. The number of pyridine rings is 1. The Kier molecular flexibility index (Phi) is 6.01. The zero-order valence-electron chi connectivity index (χ0n) is 13.6. The van der Waals surface area contributed by atoms with Crippen LogP contribution in [-0.2, 0) is 4.79 Å². The lowest BCUT2D eigenvalue weighted by atomic mass is 10.2. The van der Waals surface area contributed by atoms with Gasteiger partial charge in [-0.25, -0.2) is 0 Å². The largest absolute Gasteiger partial charge is 0.476 e. The van der Waals surface area contributed by atoms with E-state index in [0.29, 0.717) is 11.4 Å². The van der Waals surface area contributed by atoms with Crippen molar-refractivity contribution in [2.45, 2.75) is 13.3 Å². The van der Waals surface area contributed by atoms with E-state index in [1.54, 1.807) is 37.3 Å². The maximum Gasteiger partial charge on any atom is 0.406 e. The van der Waals surface area contributed by atoms with Crippen molar-refractivity contribution in [3.8, 4) is 11.8 Å². The normalized spacial score (nSPS) is 9.92. The maximum absolute atomic E-state index is 12.5. The molecule has 0 saturated carbocycles. The molecule has 0 fully saturated rings. The number of hydrogen-bond donors (Lipinski definition) is 0. The van der Waals surface area contributed by atoms with Crippen LogP contribution in [0, 0.1) is 28.4 Å². The average Bonchev–Trinajstić information content (AvgIpc) is 2.61. The van der Waals surface area contributed by atoms with Crippen molar-refractivity contribution in [2.24, 2.45) is 0 Å². The molecule has 0 N–H and O–H groups in total. The number of hydrogen-bond acceptors (Lipinski definition) is 6. The molecule has 1 amide bonds. The second kappa shape index (κ2) is 8.40. The van der Waals surface area contributed by atoms with Gasteiger partial charge in [0.05, 0.1) is 12.5 Å². The molecule has 0 atom stereocenters. The minimum Gasteiger partial charge on any atom is -0.476 e. The van der Waals surface area contributed by atoms with E-state index in [1.807, 2.05) is 12.1 Å². The summed E-state index contributed by atoms with van der Waals surface area (Å²) >= 11 is 0. The fourth-order valence-corrected chi connectivity index (χ4v) is 2.16. The van der Waals surface area contributed by atoms with Gasteiger partial charge in [-0.3, -0.25) is 4.79 Å². The van der Waals surface area contributed by atoms with Gasteiger partial charge >= 0.3 is 5.82 Å². The van der Waals surface area contributed by atoms with Crippen molar-refractivity contribution in [2.75, 3.05) is 18.1 Å². The highest BCUT2D eigenvalue weighted by Crippen LogP contribution is 2.24. The monoisotopic (exact) mass is 340 g/mol. The predicted octanol–water partition coefficient (Wildman–Crippen LogP) is 2.62. The standard InChI is InChI=1S/C17H16N4O4/c1-13-8-9-15(17(19-13)21(23)24)25-12-16(22)20(11-5-10-18)14-6-3-2-4-7-14/h2-4,6-9H,5,11-12H2,1H3. The number of nitro groups is 1. The van der Waals surface area contributed by atoms with Crippen LogP contribution in [0.4, 0.5) is 11.5 Å². The van der Waals surface area contributed by atoms with E-state index in [2.05, 4.69) is 4.98 Å². The highest BCUT2D eigenvalue weighted by Gasteiger charge is 2.21. The molecule has 2 aromatic rings. The van der Waals surface area contributed by atoms with Gasteiger partial charge in [0, 0.05) is 19.2 Å². The number of aromatic nitrogens is 1. The van der Waals surface area contributed by atoms with Gasteiger partial charge in [-0.2, -0.15) is 5.26 Å². The Hall–Kier alpha value is -3.47. The zero-order chi connectivity index (χ0) is 18.2. The van der Waals surface area contributed by atoms with Crippen LogP contribution in [0.5, 0.6) is 5.75 Å². The smallest absolute Gasteiger partial charge is 0.406 e. The Labute approximate surface area is 144 Å². The lowest BCUT2D eigenvalue weighted by Crippen LogP contribution is -2.35. The molecule has 1 aromatic carbocycles. The Morgan fingerprint density at radius 1 is 1.32 bits per heavy atom. The van der Waals surface area contributed by atoms with Crippen molar-refractivity contribution in [3.05, 3.63) is 58.3 Å². The predicted molar refractivity (Wildman–Crippen MR) is 90.1 cm³/mol. The molecule has 1 aromatic heterocycles. The molecule has 0 aliphatic rings. The summed E-state index contributed by atoms with van der Waals surface area (Å²) in [7, 11) is 0. The number of rotatable bonds is 7. The lowest BCUT2D eigenvalue weighted by Gasteiger charge is -2.21. The van der Waals surface area contributed by atoms with Gasteiger partial charge in [0.25, 0.3) is 5.91 Å². The zero-order valence-corrected chi connectivity index (χ0v) is 13.6. The lowest BCUT2D eigenvalue weighted by molar-refractivity contribution is -0.390. The van der Waals surface area contributed by atoms with Crippen molar-refractivity contribution in [3.63, 3.8) is 0 Å². The number of carbonyl (C=O) groups is 1. The number of amides is 1. The fraction of sp³-hybridized carbons (Fsp3) is 0.235. The molecule has 1 heterocycles. The number of aryl methyl sites for hydroxylation is 1. The first kappa shape index (κ1) is 17.9. The summed E-state index contributed by atoms with van der Waals surface area (Å²) in [5, 5.41) is 19.8. The fourth-order valence-electron chi connectivity index (χ4n) is 2.16. The summed E-state index contributed by atoms with van der Waals surface area (Å²) in [6.07, 6.45) is 0.160. The molecule has 128 valence electrons. The first-order valence-electron chi connectivity index (χ1n) is 7.50. The number of para-hydroxylation sites is 1. The van der Waals surface area contributed by atoms with E-state index in [0.717, 1.165) is 0 Å². The van der Waals surface area contributed by atoms with Gasteiger partial charge in [-0.05, 0) is 34.2 Å². The maximum atomic E-state index is 12.5. The number of anilines is 1. The first-order chi connectivity index (χ1) is 12.0. The van der Waals surface area contributed by atoms with Crippen LogP contribution in [-0.4, -0.2) is 29.0 Å². The van der Waals surface area contributed by atoms with E-state index in [1.165, 1.54) is 11.0 Å². The summed E-state index contributed by atoms with van der Waals surface area (Å²) < 4.78 is 5.32. The highest BCUT2D eigenvalue weighted by molar-refractivity contribution is 5.94.